The van der Waals surface area contributed by atoms with Gasteiger partial charge in [-0.05, 0) is 0 Å². The van der Waals surface area contributed by atoms with Crippen molar-refractivity contribution in [1.82, 2.24) is 0 Å². The van der Waals surface area contributed by atoms with E-state index in [1.807, 2.05) is 0 Å². The molecule has 0 aliphatic rings. The summed E-state index contributed by atoms with van der Waals surface area (Å²) in [6.07, 6.45) is 30.7. The van der Waals surface area contributed by atoms with E-state index in [9.17, 15) is 0 Å². The van der Waals surface area contributed by atoms with Crippen molar-refractivity contribution in [2.75, 3.05) is 26.4 Å². The molecule has 0 saturated carbocycles. The molecule has 4 nitrogen and oxygen atoms in total. The fraction of sp³-hybridized carbons (Fsp3) is 1.00. The van der Waals surface area contributed by atoms with E-state index in [1.165, 1.54) is 128 Å². The number of aliphatic hydroxyl groups is 4. The maximum absolute atomic E-state index is 9.04. The van der Waals surface area contributed by atoms with Crippen LogP contribution in [0, 0.1) is 0 Å². The first-order valence-corrected chi connectivity index (χ1v) is 26.8. The van der Waals surface area contributed by atoms with Crippen LogP contribution in [0.5, 0.6) is 0 Å². The Hall–Kier alpha value is 0.710. The van der Waals surface area contributed by atoms with E-state index in [2.05, 4.69) is 0 Å². The van der Waals surface area contributed by atoms with Gasteiger partial charge < -0.3 is 0 Å². The molecule has 0 aliphatic heterocycles. The normalized spacial score (nSPS) is 12.0. The molecule has 0 amide bonds. The van der Waals surface area contributed by atoms with Gasteiger partial charge in [0, 0.05) is 0 Å². The van der Waals surface area contributed by atoms with Gasteiger partial charge >= 0.3 is 238 Å². The Morgan fingerprint density at radius 2 is 0.378 bits per heavy atom. The zero-order valence-electron chi connectivity index (χ0n) is 24.9. The summed E-state index contributed by atoms with van der Waals surface area (Å²) >= 11 is -2.32. The van der Waals surface area contributed by atoms with E-state index in [0.29, 0.717) is 26.4 Å². The first-order valence-electron chi connectivity index (χ1n) is 16.7. The van der Waals surface area contributed by atoms with Crippen molar-refractivity contribution in [1.29, 1.82) is 0 Å². The van der Waals surface area contributed by atoms with Crippen molar-refractivity contribution in [2.45, 2.75) is 171 Å². The summed E-state index contributed by atoms with van der Waals surface area (Å²) in [6, 6.07) is 0. The van der Waals surface area contributed by atoms with Crippen LogP contribution in [0.1, 0.15) is 154 Å². The second-order valence-corrected chi connectivity index (χ2v) is 29.8. The van der Waals surface area contributed by atoms with Crippen LogP contribution in [0.3, 0.4) is 0 Å². The number of hydrogen-bond acceptors (Lipinski definition) is 4. The molecule has 0 spiro atoms. The molecule has 224 valence electrons. The molecule has 37 heavy (non-hydrogen) atoms. The minimum atomic E-state index is -2.32. The molecule has 0 saturated heterocycles. The maximum atomic E-state index is 9.04. The Bertz CT molecular complexity index is 344. The van der Waals surface area contributed by atoms with Gasteiger partial charge in [0.1, 0.15) is 0 Å². The van der Waals surface area contributed by atoms with Gasteiger partial charge in [0.2, 0.25) is 0 Å². The van der Waals surface area contributed by atoms with E-state index in [4.69, 9.17) is 20.4 Å². The van der Waals surface area contributed by atoms with Gasteiger partial charge in [-0.25, -0.2) is 0 Å². The SMILES string of the molecule is OCCCCCCC[CH2][Hf]([CH2]CCCCCCCO)([CH2]CCCCCCCO)[CH2]CCCCCCCO. The van der Waals surface area contributed by atoms with Crippen LogP contribution in [0.4, 0.5) is 0 Å². The van der Waals surface area contributed by atoms with Crippen molar-refractivity contribution in [2.24, 2.45) is 0 Å². The Morgan fingerprint density at radius 3 is 0.568 bits per heavy atom. The third kappa shape index (κ3) is 26.7. The van der Waals surface area contributed by atoms with Crippen molar-refractivity contribution in [3.63, 3.8) is 0 Å². The predicted octanol–water partition coefficient (Wildman–Crippen LogP) is 9.15. The van der Waals surface area contributed by atoms with Gasteiger partial charge in [-0.15, -0.1) is 0 Å². The summed E-state index contributed by atoms with van der Waals surface area (Å²) in [6.45, 7) is 1.39. The minimum absolute atomic E-state index is 0.347. The Balaban J connectivity index is 4.78. The molecule has 0 fully saturated rings. The molecule has 0 unspecified atom stereocenters. The molecular formula is C32H68HfO4. The summed E-state index contributed by atoms with van der Waals surface area (Å²) in [7, 11) is 0. The summed E-state index contributed by atoms with van der Waals surface area (Å²) in [4.78, 5) is 0. The van der Waals surface area contributed by atoms with Gasteiger partial charge in [0.05, 0.1) is 0 Å². The third-order valence-electron chi connectivity index (χ3n) is 8.46. The second-order valence-electron chi connectivity index (χ2n) is 11.9. The predicted molar refractivity (Wildman–Crippen MR) is 158 cm³/mol. The van der Waals surface area contributed by atoms with E-state index in [0.717, 1.165) is 25.7 Å². The fourth-order valence-electron chi connectivity index (χ4n) is 6.03. The number of aliphatic hydroxyl groups excluding tert-OH is 4. The van der Waals surface area contributed by atoms with Crippen LogP contribution in [-0.4, -0.2) is 46.9 Å². The molecule has 4 N–H and O–H groups in total. The second kappa shape index (κ2) is 31.2. The molecule has 0 aromatic heterocycles. The molecule has 5 heteroatoms. The van der Waals surface area contributed by atoms with Crippen LogP contribution in [0.25, 0.3) is 0 Å². The Kier molecular flexibility index (Phi) is 31.8. The average molecular weight is 695 g/mol. The zero-order chi connectivity index (χ0) is 27.1. The van der Waals surface area contributed by atoms with Gasteiger partial charge in [0.15, 0.2) is 0 Å². The zero-order valence-corrected chi connectivity index (χ0v) is 28.5. The van der Waals surface area contributed by atoms with Gasteiger partial charge in [-0.3, -0.25) is 0 Å². The molecule has 0 atom stereocenters. The van der Waals surface area contributed by atoms with E-state index in [-0.39, 0.29) is 0 Å². The van der Waals surface area contributed by atoms with Crippen LogP contribution < -0.4 is 0 Å². The van der Waals surface area contributed by atoms with Crippen molar-refractivity contribution < 1.29 is 40.4 Å². The number of rotatable bonds is 32. The molecule has 0 rings (SSSR count). The Morgan fingerprint density at radius 1 is 0.216 bits per heavy atom. The summed E-state index contributed by atoms with van der Waals surface area (Å²) in [5, 5.41) is 36.2. The standard InChI is InChI=1S/4C8H17O.Hf/c4*1-2-3-4-5-6-7-8-9;/h4*9H,1-8H2;. The molecule has 0 aliphatic carbocycles. The average Bonchev–Trinajstić information content (AvgIpc) is 2.91. The van der Waals surface area contributed by atoms with E-state index < -0.39 is 20.0 Å². The van der Waals surface area contributed by atoms with Crippen LogP contribution in [0.15, 0.2) is 0 Å². The molecular weight excluding hydrogens is 627 g/mol. The van der Waals surface area contributed by atoms with Crippen molar-refractivity contribution in [3.05, 3.63) is 0 Å². The van der Waals surface area contributed by atoms with Crippen LogP contribution in [0.2, 0.25) is 16.7 Å². The van der Waals surface area contributed by atoms with E-state index in [1.54, 1.807) is 16.7 Å². The van der Waals surface area contributed by atoms with Gasteiger partial charge in [-0.1, -0.05) is 0 Å². The summed E-state index contributed by atoms with van der Waals surface area (Å²) in [5.41, 5.74) is 0. The molecule has 0 bridgehead atoms. The van der Waals surface area contributed by atoms with Crippen LogP contribution >= 0.6 is 0 Å². The quantitative estimate of drug-likeness (QED) is 0.0418. The third-order valence-corrected chi connectivity index (χ3v) is 28.8. The fourth-order valence-corrected chi connectivity index (χ4v) is 25.8. The number of hydrogen-bond donors (Lipinski definition) is 4. The Labute approximate surface area is 236 Å². The molecule has 0 aromatic rings. The molecule has 0 heterocycles. The molecule has 0 aromatic carbocycles. The van der Waals surface area contributed by atoms with Gasteiger partial charge in [0.25, 0.3) is 0 Å². The first kappa shape index (κ1) is 37.7. The summed E-state index contributed by atoms with van der Waals surface area (Å²) < 4.78 is 6.47. The number of unbranched alkanes of at least 4 members (excludes halogenated alkanes) is 20. The summed E-state index contributed by atoms with van der Waals surface area (Å²) in [5.74, 6) is 0. The van der Waals surface area contributed by atoms with Gasteiger partial charge in [-0.2, -0.15) is 0 Å². The van der Waals surface area contributed by atoms with Crippen molar-refractivity contribution >= 4 is 0 Å². The monoisotopic (exact) mass is 696 g/mol. The first-order chi connectivity index (χ1) is 18.2. The molecule has 0 radical (unpaired) electrons. The van der Waals surface area contributed by atoms with Crippen LogP contribution in [-0.2, 0) is 20.0 Å². The topological polar surface area (TPSA) is 80.9 Å². The van der Waals surface area contributed by atoms with E-state index >= 15 is 0 Å². The van der Waals surface area contributed by atoms with Crippen molar-refractivity contribution in [3.8, 4) is 0 Å².